The van der Waals surface area contributed by atoms with Crippen molar-refractivity contribution in [2.75, 3.05) is 13.6 Å². The fourth-order valence-corrected chi connectivity index (χ4v) is 2.41. The van der Waals surface area contributed by atoms with Crippen molar-refractivity contribution in [3.8, 4) is 0 Å². The summed E-state index contributed by atoms with van der Waals surface area (Å²) >= 11 is 0. The summed E-state index contributed by atoms with van der Waals surface area (Å²) in [5.74, 6) is -1.31. The fourth-order valence-electron chi connectivity index (χ4n) is 2.41. The molecule has 0 N–H and O–H groups in total. The molecule has 22 heavy (non-hydrogen) atoms. The third-order valence-electron chi connectivity index (χ3n) is 3.79. The van der Waals surface area contributed by atoms with E-state index in [0.29, 0.717) is 6.42 Å². The van der Waals surface area contributed by atoms with Crippen LogP contribution in [0.25, 0.3) is 0 Å². The van der Waals surface area contributed by atoms with Crippen molar-refractivity contribution in [2.24, 2.45) is 0 Å². The number of rotatable bonds is 14. The number of amides is 1. The molecule has 0 fully saturated rings. The number of carbonyl (C=O) groups excluding carboxylic acids is 2. The number of hydrogen-bond donors (Lipinski definition) is 0. The summed E-state index contributed by atoms with van der Waals surface area (Å²) in [5.41, 5.74) is 0. The van der Waals surface area contributed by atoms with Crippen LogP contribution in [0.4, 0.5) is 0 Å². The van der Waals surface area contributed by atoms with Gasteiger partial charge in [0.2, 0.25) is 5.91 Å². The first-order chi connectivity index (χ1) is 10.1. The van der Waals surface area contributed by atoms with E-state index in [-0.39, 0.29) is 63.8 Å². The molecule has 1 amide bonds. The molecule has 0 atom stereocenters. The fraction of sp³-hybridized carbons (Fsp3) is 0.882. The van der Waals surface area contributed by atoms with Crippen LogP contribution in [0.1, 0.15) is 84.0 Å². The van der Waals surface area contributed by atoms with Gasteiger partial charge in [0, 0.05) is 13.5 Å². The molecule has 5 heteroatoms. The van der Waals surface area contributed by atoms with Crippen LogP contribution in [0, 0.1) is 0 Å². The van der Waals surface area contributed by atoms with Gasteiger partial charge in [-0.2, -0.15) is 0 Å². The van der Waals surface area contributed by atoms with E-state index >= 15 is 0 Å². The van der Waals surface area contributed by atoms with Crippen LogP contribution in [0.15, 0.2) is 0 Å². The number of aliphatic carboxylic acids is 1. The first-order valence-corrected chi connectivity index (χ1v) is 8.51. The van der Waals surface area contributed by atoms with Gasteiger partial charge in [0.05, 0.1) is 12.5 Å². The van der Waals surface area contributed by atoms with Crippen molar-refractivity contribution >= 4 is 11.9 Å². The van der Waals surface area contributed by atoms with Crippen molar-refractivity contribution < 1.29 is 66.1 Å². The van der Waals surface area contributed by atoms with E-state index in [4.69, 9.17) is 0 Å². The minimum atomic E-state index is -1.20. The monoisotopic (exact) mass is 337 g/mol. The average molecular weight is 338 g/mol. The molecule has 0 saturated heterocycles. The zero-order valence-electron chi connectivity index (χ0n) is 14.9. The predicted molar refractivity (Wildman–Crippen MR) is 83.7 cm³/mol. The average Bonchev–Trinajstić information content (AvgIpc) is 2.43. The minimum absolute atomic E-state index is 0. The van der Waals surface area contributed by atoms with E-state index in [1.807, 2.05) is 0 Å². The van der Waals surface area contributed by atoms with Gasteiger partial charge in [0.1, 0.15) is 0 Å². The van der Waals surface area contributed by atoms with Gasteiger partial charge in [-0.1, -0.05) is 71.1 Å². The second-order valence-corrected chi connectivity index (χ2v) is 5.91. The van der Waals surface area contributed by atoms with E-state index in [1.165, 1.54) is 69.7 Å². The van der Waals surface area contributed by atoms with E-state index in [1.54, 1.807) is 0 Å². The van der Waals surface area contributed by atoms with Crippen LogP contribution in [0.5, 0.6) is 0 Å². The normalized spacial score (nSPS) is 10.1. The van der Waals surface area contributed by atoms with E-state index in [2.05, 4.69) is 6.92 Å². The Labute approximate surface area is 178 Å². The van der Waals surface area contributed by atoms with E-state index in [0.717, 1.165) is 12.8 Å². The molecular weight excluding hydrogens is 305 g/mol. The molecule has 0 aliphatic rings. The molecule has 0 heterocycles. The molecule has 4 nitrogen and oxygen atoms in total. The molecule has 0 aliphatic heterocycles. The molecule has 0 aromatic rings. The summed E-state index contributed by atoms with van der Waals surface area (Å²) in [7, 11) is 1.51. The molecule has 124 valence electrons. The Morgan fingerprint density at radius 1 is 0.818 bits per heavy atom. The number of carboxylic acid groups (broad SMARTS) is 1. The Morgan fingerprint density at radius 3 is 1.64 bits per heavy atom. The number of hydrogen-bond acceptors (Lipinski definition) is 3. The quantitative estimate of drug-likeness (QED) is 0.328. The third kappa shape index (κ3) is 16.9. The van der Waals surface area contributed by atoms with Crippen LogP contribution in [-0.2, 0) is 9.59 Å². The minimum Gasteiger partial charge on any atom is -0.548 e. The number of unbranched alkanes of at least 4 members (excludes halogenated alkanes) is 10. The summed E-state index contributed by atoms with van der Waals surface area (Å²) in [5, 5.41) is 10.4. The summed E-state index contributed by atoms with van der Waals surface area (Å²) in [6, 6.07) is 0. The van der Waals surface area contributed by atoms with Gasteiger partial charge in [-0.25, -0.2) is 0 Å². The van der Waals surface area contributed by atoms with Crippen LogP contribution >= 0.6 is 0 Å². The summed E-state index contributed by atoms with van der Waals surface area (Å²) in [6.07, 6.45) is 14.2. The Morgan fingerprint density at radius 2 is 1.23 bits per heavy atom. The van der Waals surface area contributed by atoms with Crippen molar-refractivity contribution in [1.82, 2.24) is 4.90 Å². The zero-order valence-corrected chi connectivity index (χ0v) is 18.0. The standard InChI is InChI=1S/C17H33NO3.K/c1-3-4-5-6-7-8-9-10-11-12-13-14-16(19)18(2)15-17(20)21;/h3-15H2,1-2H3,(H,20,21);/q;+1/p-1. The van der Waals surface area contributed by atoms with E-state index in [9.17, 15) is 14.7 Å². The van der Waals surface area contributed by atoms with Gasteiger partial charge >= 0.3 is 51.4 Å². The molecule has 0 aromatic heterocycles. The maximum Gasteiger partial charge on any atom is 1.00 e. The summed E-state index contributed by atoms with van der Waals surface area (Å²) in [6.45, 7) is 1.93. The number of carboxylic acids is 1. The molecular formula is C17H32KNO3. The first-order valence-electron chi connectivity index (χ1n) is 8.51. The van der Waals surface area contributed by atoms with Gasteiger partial charge in [-0.3, -0.25) is 4.79 Å². The van der Waals surface area contributed by atoms with E-state index < -0.39 is 5.97 Å². The van der Waals surface area contributed by atoms with Crippen molar-refractivity contribution in [3.63, 3.8) is 0 Å². The number of nitrogens with zero attached hydrogens (tertiary/aromatic N) is 1. The molecule has 0 bridgehead atoms. The largest absolute Gasteiger partial charge is 1.00 e. The van der Waals surface area contributed by atoms with Gasteiger partial charge in [-0.05, 0) is 6.42 Å². The summed E-state index contributed by atoms with van der Waals surface area (Å²) < 4.78 is 0. The van der Waals surface area contributed by atoms with Gasteiger partial charge < -0.3 is 14.8 Å². The molecule has 0 spiro atoms. The number of carbonyl (C=O) groups is 2. The maximum atomic E-state index is 11.6. The Bertz CT molecular complexity index is 285. The number of likely N-dealkylation sites (N-methyl/N-ethyl adjacent to an activating group) is 1. The van der Waals surface area contributed by atoms with Crippen LogP contribution in [0.3, 0.4) is 0 Å². The second-order valence-electron chi connectivity index (χ2n) is 5.91. The second kappa shape index (κ2) is 17.9. The molecule has 0 rings (SSSR count). The molecule has 0 saturated carbocycles. The predicted octanol–water partition coefficient (Wildman–Crippen LogP) is -0.100. The smallest absolute Gasteiger partial charge is 0.548 e. The molecule has 0 aliphatic carbocycles. The van der Waals surface area contributed by atoms with Gasteiger partial charge in [0.15, 0.2) is 0 Å². The molecule has 0 unspecified atom stereocenters. The summed E-state index contributed by atoms with van der Waals surface area (Å²) in [4.78, 5) is 23.2. The first kappa shape index (κ1) is 24.8. The van der Waals surface area contributed by atoms with Crippen LogP contribution in [0.2, 0.25) is 0 Å². The third-order valence-corrected chi connectivity index (χ3v) is 3.79. The van der Waals surface area contributed by atoms with Crippen molar-refractivity contribution in [1.29, 1.82) is 0 Å². The zero-order chi connectivity index (χ0) is 15.9. The van der Waals surface area contributed by atoms with Crippen LogP contribution < -0.4 is 56.5 Å². The van der Waals surface area contributed by atoms with Gasteiger partial charge in [-0.15, -0.1) is 0 Å². The maximum absolute atomic E-state index is 11.6. The Kier molecular flexibility index (Phi) is 20.2. The van der Waals surface area contributed by atoms with Crippen molar-refractivity contribution in [3.05, 3.63) is 0 Å². The molecule has 0 radical (unpaired) electrons. The molecule has 0 aromatic carbocycles. The van der Waals surface area contributed by atoms with Crippen LogP contribution in [-0.4, -0.2) is 30.4 Å². The van der Waals surface area contributed by atoms with Gasteiger partial charge in [0.25, 0.3) is 0 Å². The van der Waals surface area contributed by atoms with Crippen molar-refractivity contribution in [2.45, 2.75) is 84.0 Å². The topological polar surface area (TPSA) is 60.4 Å². The Balaban J connectivity index is 0. The Hall–Kier alpha value is 0.576. The SMILES string of the molecule is CCCCCCCCCCCCCC(=O)N(C)CC(=O)[O-].[K+].